The van der Waals surface area contributed by atoms with Gasteiger partial charge in [-0.1, -0.05) is 12.1 Å². The average Bonchev–Trinajstić information content (AvgIpc) is 3.08. The lowest BCUT2D eigenvalue weighted by atomic mass is 9.80. The summed E-state index contributed by atoms with van der Waals surface area (Å²) in [4.78, 5) is 0. The molecule has 1 saturated heterocycles. The Morgan fingerprint density at radius 1 is 0.897 bits per heavy atom. The summed E-state index contributed by atoms with van der Waals surface area (Å²) in [5, 5.41) is 21.4. The molecule has 2 N–H and O–H groups in total. The largest absolute Gasteiger partial charge is 0.493 e. The van der Waals surface area contributed by atoms with Gasteiger partial charge in [0.2, 0.25) is 0 Å². The second-order valence-electron chi connectivity index (χ2n) is 7.10. The van der Waals surface area contributed by atoms with Gasteiger partial charge in [0.25, 0.3) is 0 Å². The Bertz CT molecular complexity index is 838. The normalized spacial score (nSPS) is 23.7. The van der Waals surface area contributed by atoms with Crippen LogP contribution >= 0.6 is 0 Å². The van der Waals surface area contributed by atoms with Gasteiger partial charge in [-0.3, -0.25) is 0 Å². The average molecular weight is 404 g/mol. The Morgan fingerprint density at radius 2 is 1.48 bits per heavy atom. The van der Waals surface area contributed by atoms with Crippen LogP contribution in [-0.2, 0) is 11.2 Å². The first kappa shape index (κ1) is 21.2. The minimum Gasteiger partial charge on any atom is -0.493 e. The van der Waals surface area contributed by atoms with Crippen molar-refractivity contribution in [2.24, 2.45) is 5.92 Å². The Labute approximate surface area is 170 Å². The molecular weight excluding hydrogens is 376 g/mol. The van der Waals surface area contributed by atoms with Gasteiger partial charge in [0.15, 0.2) is 23.0 Å². The molecule has 3 rings (SSSR count). The molecule has 7 heteroatoms. The summed E-state index contributed by atoms with van der Waals surface area (Å²) < 4.78 is 27.2. The van der Waals surface area contributed by atoms with Crippen molar-refractivity contribution >= 4 is 0 Å². The van der Waals surface area contributed by atoms with Crippen LogP contribution in [0.25, 0.3) is 0 Å². The molecule has 0 spiro atoms. The molecule has 0 saturated carbocycles. The van der Waals surface area contributed by atoms with Crippen molar-refractivity contribution in [2.75, 3.05) is 41.7 Å². The topological polar surface area (TPSA) is 86.6 Å². The molecule has 0 amide bonds. The van der Waals surface area contributed by atoms with E-state index >= 15 is 0 Å². The lowest BCUT2D eigenvalue weighted by molar-refractivity contribution is -0.0150. The van der Waals surface area contributed by atoms with E-state index in [2.05, 4.69) is 0 Å². The van der Waals surface area contributed by atoms with Crippen LogP contribution in [0.15, 0.2) is 36.4 Å². The molecule has 0 aromatic heterocycles. The SMILES string of the molecule is COc1ccc(C[C@@]2(O)CO[C@@H](c3ccc(OC)c(OC)c3)[C@H]2CO)cc1OC. The van der Waals surface area contributed by atoms with Gasteiger partial charge in [0.1, 0.15) is 0 Å². The van der Waals surface area contributed by atoms with Crippen molar-refractivity contribution in [1.82, 2.24) is 0 Å². The number of hydrogen-bond acceptors (Lipinski definition) is 7. The van der Waals surface area contributed by atoms with Gasteiger partial charge in [-0.05, 0) is 35.4 Å². The van der Waals surface area contributed by atoms with E-state index < -0.39 is 17.6 Å². The summed E-state index contributed by atoms with van der Waals surface area (Å²) in [7, 11) is 6.28. The highest BCUT2D eigenvalue weighted by Crippen LogP contribution is 2.44. The summed E-state index contributed by atoms with van der Waals surface area (Å²) in [6.45, 7) is -0.117. The minimum absolute atomic E-state index is 0.103. The summed E-state index contributed by atoms with van der Waals surface area (Å²) in [5.74, 6) is 1.88. The van der Waals surface area contributed by atoms with E-state index in [1.165, 1.54) is 0 Å². The van der Waals surface area contributed by atoms with Crippen molar-refractivity contribution in [1.29, 1.82) is 0 Å². The molecule has 0 bridgehead atoms. The quantitative estimate of drug-likeness (QED) is 0.699. The van der Waals surface area contributed by atoms with Gasteiger partial charge >= 0.3 is 0 Å². The van der Waals surface area contributed by atoms with Crippen LogP contribution in [0.5, 0.6) is 23.0 Å². The summed E-state index contributed by atoms with van der Waals surface area (Å²) in [6.07, 6.45) is -0.160. The van der Waals surface area contributed by atoms with Gasteiger partial charge < -0.3 is 33.9 Å². The van der Waals surface area contributed by atoms with Crippen LogP contribution < -0.4 is 18.9 Å². The zero-order chi connectivity index (χ0) is 21.0. The van der Waals surface area contributed by atoms with Crippen LogP contribution in [-0.4, -0.2) is 57.5 Å². The number of aliphatic hydroxyl groups is 2. The predicted octanol–water partition coefficient (Wildman–Crippen LogP) is 2.37. The predicted molar refractivity (Wildman–Crippen MR) is 107 cm³/mol. The highest BCUT2D eigenvalue weighted by molar-refractivity contribution is 5.45. The number of methoxy groups -OCH3 is 4. The zero-order valence-electron chi connectivity index (χ0n) is 17.2. The van der Waals surface area contributed by atoms with Gasteiger partial charge in [-0.15, -0.1) is 0 Å². The molecule has 29 heavy (non-hydrogen) atoms. The lowest BCUT2D eigenvalue weighted by Crippen LogP contribution is -2.41. The van der Waals surface area contributed by atoms with Gasteiger partial charge in [-0.2, -0.15) is 0 Å². The maximum atomic E-state index is 11.3. The number of aliphatic hydroxyl groups excluding tert-OH is 1. The first-order chi connectivity index (χ1) is 14.0. The smallest absolute Gasteiger partial charge is 0.161 e. The molecule has 0 radical (unpaired) electrons. The molecule has 1 aliphatic rings. The summed E-state index contributed by atoms with van der Waals surface area (Å²) in [6, 6.07) is 11.0. The first-order valence-corrected chi connectivity index (χ1v) is 9.37. The molecule has 158 valence electrons. The van der Waals surface area contributed by atoms with Crippen molar-refractivity contribution in [3.8, 4) is 23.0 Å². The van der Waals surface area contributed by atoms with E-state index in [1.807, 2.05) is 24.3 Å². The van der Waals surface area contributed by atoms with Crippen LogP contribution in [0.2, 0.25) is 0 Å². The van der Waals surface area contributed by atoms with E-state index in [0.717, 1.165) is 11.1 Å². The van der Waals surface area contributed by atoms with Crippen LogP contribution in [0.4, 0.5) is 0 Å². The summed E-state index contributed by atoms with van der Waals surface area (Å²) in [5.41, 5.74) is 0.441. The molecule has 1 fully saturated rings. The highest BCUT2D eigenvalue weighted by Gasteiger charge is 2.49. The summed E-state index contributed by atoms with van der Waals surface area (Å²) >= 11 is 0. The van der Waals surface area contributed by atoms with Crippen molar-refractivity contribution < 1.29 is 33.9 Å². The van der Waals surface area contributed by atoms with E-state index in [-0.39, 0.29) is 13.2 Å². The van der Waals surface area contributed by atoms with Gasteiger partial charge in [0.05, 0.1) is 53.4 Å². The monoisotopic (exact) mass is 404 g/mol. The number of rotatable bonds is 8. The molecular formula is C22H28O7. The number of benzene rings is 2. The fourth-order valence-corrected chi connectivity index (χ4v) is 3.89. The highest BCUT2D eigenvalue weighted by atomic mass is 16.5. The maximum Gasteiger partial charge on any atom is 0.161 e. The molecule has 1 heterocycles. The fraction of sp³-hybridized carbons (Fsp3) is 0.455. The number of ether oxygens (including phenoxy) is 5. The van der Waals surface area contributed by atoms with E-state index in [9.17, 15) is 10.2 Å². The molecule has 2 aromatic carbocycles. The van der Waals surface area contributed by atoms with Crippen molar-refractivity contribution in [2.45, 2.75) is 18.1 Å². The van der Waals surface area contributed by atoms with Gasteiger partial charge in [0, 0.05) is 12.3 Å². The number of hydrogen-bond donors (Lipinski definition) is 2. The van der Waals surface area contributed by atoms with Gasteiger partial charge in [-0.25, -0.2) is 0 Å². The Kier molecular flexibility index (Phi) is 6.52. The lowest BCUT2D eigenvalue weighted by Gasteiger charge is -2.29. The molecule has 2 aromatic rings. The van der Waals surface area contributed by atoms with E-state index in [1.54, 1.807) is 40.6 Å². The van der Waals surface area contributed by atoms with Crippen LogP contribution in [0, 0.1) is 5.92 Å². The van der Waals surface area contributed by atoms with E-state index in [0.29, 0.717) is 29.4 Å². The maximum absolute atomic E-state index is 11.3. The van der Waals surface area contributed by atoms with Crippen molar-refractivity contribution in [3.63, 3.8) is 0 Å². The molecule has 7 nitrogen and oxygen atoms in total. The van der Waals surface area contributed by atoms with E-state index in [4.69, 9.17) is 23.7 Å². The third-order valence-electron chi connectivity index (χ3n) is 5.46. The molecule has 0 unspecified atom stereocenters. The first-order valence-electron chi connectivity index (χ1n) is 9.37. The van der Waals surface area contributed by atoms with Crippen molar-refractivity contribution in [3.05, 3.63) is 47.5 Å². The Hall–Kier alpha value is -2.48. The third-order valence-corrected chi connectivity index (χ3v) is 5.46. The fourth-order valence-electron chi connectivity index (χ4n) is 3.89. The Balaban J connectivity index is 1.86. The molecule has 0 aliphatic carbocycles. The second-order valence-corrected chi connectivity index (χ2v) is 7.10. The minimum atomic E-state index is -1.23. The standard InChI is InChI=1S/C22H28O7/c1-25-17-7-5-14(9-19(17)27-3)11-22(24)13-29-21(16(22)12-23)15-6-8-18(26-2)20(10-15)28-4/h5-10,16,21,23-24H,11-13H2,1-4H3/t16-,21+,22-/m1/s1. The molecule has 3 atom stereocenters. The second kappa shape index (κ2) is 8.90. The third kappa shape index (κ3) is 4.12. The van der Waals surface area contributed by atoms with Crippen LogP contribution in [0.3, 0.4) is 0 Å². The zero-order valence-corrected chi connectivity index (χ0v) is 17.2. The Morgan fingerprint density at radius 3 is 2.07 bits per heavy atom. The molecule has 1 aliphatic heterocycles. The van der Waals surface area contributed by atoms with Crippen LogP contribution in [0.1, 0.15) is 17.2 Å².